The molecule has 198 valence electrons. The van der Waals surface area contributed by atoms with Gasteiger partial charge in [0.05, 0.1) is 25.3 Å². The Bertz CT molecular complexity index is 1590. The molecular weight excluding hydrogens is 504 g/mol. The molecule has 0 bridgehead atoms. The number of H-pyrrole nitrogens is 9. The number of nitrogens with zero attached hydrogens (tertiary/aromatic N) is 4. The molecule has 1 aliphatic rings. The van der Waals surface area contributed by atoms with E-state index < -0.39 is 6.23 Å². The molecule has 0 fully saturated rings. The lowest BCUT2D eigenvalue weighted by molar-refractivity contribution is 0.184. The summed E-state index contributed by atoms with van der Waals surface area (Å²) in [6.07, 6.45) is 9.54. The summed E-state index contributed by atoms with van der Waals surface area (Å²) in [5.74, 6) is 0.641. The first kappa shape index (κ1) is 26.6. The smallest absolute Gasteiger partial charge is 0.276 e. The van der Waals surface area contributed by atoms with Gasteiger partial charge >= 0.3 is 0 Å². The van der Waals surface area contributed by atoms with Crippen molar-refractivity contribution in [1.82, 2.24) is 60.5 Å². The number of hydrogen-bond donors (Lipinski definition) is 11. The molecule has 7 rings (SSSR count). The standard InChI is InChI=1S/C5H6N4O.C5H4N4O.3C3H4N2O/c2*10-5-3-4(7-1-6-3)8-2-9-5;3*6-3-1-2-4-5-3/h1-2,5,10H,(H,6,7)(H,8,9);1-2H,(H2,6,7,8,9,10);3*1-2H,(H2,4,5,6). The molecule has 6 aromatic heterocycles. The van der Waals surface area contributed by atoms with Crippen LogP contribution in [0.5, 0.6) is 0 Å². The summed E-state index contributed by atoms with van der Waals surface area (Å²) >= 11 is 0. The summed E-state index contributed by atoms with van der Waals surface area (Å²) in [7, 11) is 0. The number of aliphatic hydroxyl groups is 1. The summed E-state index contributed by atoms with van der Waals surface area (Å²) in [5, 5.41) is 26.4. The topological polar surface area (TPSA) is 294 Å². The zero-order valence-electron chi connectivity index (χ0n) is 19.2. The molecule has 19 nitrogen and oxygen atoms in total. The normalized spacial score (nSPS) is 12.6. The Labute approximate surface area is 208 Å². The van der Waals surface area contributed by atoms with E-state index in [9.17, 15) is 19.2 Å². The van der Waals surface area contributed by atoms with Gasteiger partial charge < -0.3 is 40.7 Å². The van der Waals surface area contributed by atoms with E-state index in [1.54, 1.807) is 18.6 Å². The summed E-state index contributed by atoms with van der Waals surface area (Å²) in [5.41, 5.74) is 1.02. The maximum atomic E-state index is 10.9. The second-order valence-electron chi connectivity index (χ2n) is 6.69. The fourth-order valence-corrected chi connectivity index (χ4v) is 2.45. The molecule has 0 amide bonds. The van der Waals surface area contributed by atoms with Gasteiger partial charge in [-0.3, -0.25) is 34.5 Å². The Balaban J connectivity index is 0.000000135. The largest absolute Gasteiger partial charge is 0.367 e. The predicted molar refractivity (Wildman–Crippen MR) is 134 cm³/mol. The third-order valence-corrected chi connectivity index (χ3v) is 4.11. The second-order valence-corrected chi connectivity index (χ2v) is 6.69. The monoisotopic (exact) mass is 526 g/mol. The van der Waals surface area contributed by atoms with Crippen LogP contribution in [0.4, 0.5) is 5.82 Å². The minimum Gasteiger partial charge on any atom is -0.367 e. The van der Waals surface area contributed by atoms with Gasteiger partial charge in [0.15, 0.2) is 23.2 Å². The number of anilines is 1. The third kappa shape index (κ3) is 8.35. The van der Waals surface area contributed by atoms with Crippen LogP contribution < -0.4 is 27.6 Å². The number of imidazole rings is 2. The summed E-state index contributed by atoms with van der Waals surface area (Å²) < 4.78 is 0. The molecule has 6 aromatic rings. The number of aromatic nitrogens is 12. The SMILES string of the molecule is O=c1[nH]cnc2nc[nH]c12.O=c1cc[nH][nH]1.O=c1cc[nH][nH]1.O=c1cc[nH][nH]1.OC1N=CNc2nc[nH]c21. The first-order valence-electron chi connectivity index (χ1n) is 10.5. The first-order valence-corrected chi connectivity index (χ1v) is 10.5. The summed E-state index contributed by atoms with van der Waals surface area (Å²) in [6, 6.07) is 4.25. The molecular formula is C19H22N14O5. The van der Waals surface area contributed by atoms with E-state index >= 15 is 0 Å². The molecule has 1 atom stereocenters. The van der Waals surface area contributed by atoms with Crippen molar-refractivity contribution in [2.45, 2.75) is 6.23 Å². The molecule has 0 aliphatic carbocycles. The summed E-state index contributed by atoms with van der Waals surface area (Å²) in [6.45, 7) is 0. The van der Waals surface area contributed by atoms with Crippen molar-refractivity contribution < 1.29 is 5.11 Å². The minimum absolute atomic E-state index is 0.0880. The lowest BCUT2D eigenvalue weighted by atomic mass is 10.3. The predicted octanol–water partition coefficient (Wildman–Crippen LogP) is -1.39. The molecule has 0 spiro atoms. The number of aromatic amines is 9. The fourth-order valence-electron chi connectivity index (χ4n) is 2.45. The van der Waals surface area contributed by atoms with E-state index in [4.69, 9.17) is 5.11 Å². The van der Waals surface area contributed by atoms with E-state index in [1.807, 2.05) is 0 Å². The van der Waals surface area contributed by atoms with Crippen molar-refractivity contribution in [3.63, 3.8) is 0 Å². The van der Waals surface area contributed by atoms with Gasteiger partial charge in [-0.1, -0.05) is 0 Å². The number of nitrogens with one attached hydrogen (secondary N) is 10. The van der Waals surface area contributed by atoms with Crippen LogP contribution in [0.25, 0.3) is 11.2 Å². The zero-order valence-corrected chi connectivity index (χ0v) is 19.2. The van der Waals surface area contributed by atoms with E-state index in [0.29, 0.717) is 22.7 Å². The van der Waals surface area contributed by atoms with Gasteiger partial charge in [0, 0.05) is 36.8 Å². The Morgan fingerprint density at radius 1 is 0.684 bits per heavy atom. The van der Waals surface area contributed by atoms with Gasteiger partial charge in [0.1, 0.15) is 5.69 Å². The van der Waals surface area contributed by atoms with Crippen molar-refractivity contribution >= 4 is 23.3 Å². The van der Waals surface area contributed by atoms with Crippen LogP contribution in [-0.2, 0) is 0 Å². The van der Waals surface area contributed by atoms with Crippen LogP contribution in [0.2, 0.25) is 0 Å². The van der Waals surface area contributed by atoms with Crippen LogP contribution in [0.3, 0.4) is 0 Å². The van der Waals surface area contributed by atoms with Crippen LogP contribution in [0, 0.1) is 0 Å². The quantitative estimate of drug-likeness (QED) is 0.111. The molecule has 0 saturated heterocycles. The van der Waals surface area contributed by atoms with Crippen LogP contribution >= 0.6 is 0 Å². The molecule has 19 heteroatoms. The van der Waals surface area contributed by atoms with Crippen LogP contribution in [0.1, 0.15) is 11.9 Å². The van der Waals surface area contributed by atoms with Crippen molar-refractivity contribution in [3.8, 4) is 0 Å². The molecule has 0 radical (unpaired) electrons. The number of aliphatic imine (C=N–C) groups is 1. The highest BCUT2D eigenvalue weighted by Gasteiger charge is 2.15. The highest BCUT2D eigenvalue weighted by Crippen LogP contribution is 2.21. The number of rotatable bonds is 0. The fraction of sp³-hybridized carbons (Fsp3) is 0.0526. The van der Waals surface area contributed by atoms with Crippen LogP contribution in [-0.4, -0.2) is 71.9 Å². The highest BCUT2D eigenvalue weighted by molar-refractivity contribution is 5.77. The molecule has 1 aliphatic heterocycles. The molecule has 7 heterocycles. The van der Waals surface area contributed by atoms with Crippen molar-refractivity contribution in [1.29, 1.82) is 0 Å². The van der Waals surface area contributed by atoms with Gasteiger partial charge in [-0.2, -0.15) is 0 Å². The summed E-state index contributed by atoms with van der Waals surface area (Å²) in [4.78, 5) is 63.9. The van der Waals surface area contributed by atoms with E-state index in [0.717, 1.165) is 0 Å². The second kappa shape index (κ2) is 13.8. The average molecular weight is 526 g/mol. The molecule has 0 saturated carbocycles. The minimum atomic E-state index is -0.793. The van der Waals surface area contributed by atoms with Gasteiger partial charge in [0.25, 0.3) is 22.2 Å². The maximum absolute atomic E-state index is 10.9. The number of hydrogen-bond acceptors (Lipinski definition) is 10. The Morgan fingerprint density at radius 2 is 1.21 bits per heavy atom. The van der Waals surface area contributed by atoms with Gasteiger partial charge in [-0.25, -0.2) is 19.9 Å². The van der Waals surface area contributed by atoms with Crippen molar-refractivity contribution in [2.75, 3.05) is 5.32 Å². The van der Waals surface area contributed by atoms with Crippen molar-refractivity contribution in [2.24, 2.45) is 4.99 Å². The first-order chi connectivity index (χ1) is 18.4. The lowest BCUT2D eigenvalue weighted by Gasteiger charge is -2.09. The lowest BCUT2D eigenvalue weighted by Crippen LogP contribution is -2.09. The van der Waals surface area contributed by atoms with Gasteiger partial charge in [0.2, 0.25) is 0 Å². The van der Waals surface area contributed by atoms with Crippen LogP contribution in [0.15, 0.2) is 79.9 Å². The third-order valence-electron chi connectivity index (χ3n) is 4.11. The van der Waals surface area contributed by atoms with E-state index in [1.165, 1.54) is 43.5 Å². The molecule has 1 unspecified atom stereocenters. The molecule has 11 N–H and O–H groups in total. The molecule has 38 heavy (non-hydrogen) atoms. The van der Waals surface area contributed by atoms with Crippen molar-refractivity contribution in [3.05, 3.63) is 103 Å². The van der Waals surface area contributed by atoms with E-state index in [-0.39, 0.29) is 22.2 Å². The Morgan fingerprint density at radius 3 is 1.63 bits per heavy atom. The van der Waals surface area contributed by atoms with Gasteiger partial charge in [-0.05, 0) is 0 Å². The van der Waals surface area contributed by atoms with E-state index in [2.05, 4.69) is 70.8 Å². The van der Waals surface area contributed by atoms with Gasteiger partial charge in [-0.15, -0.1) is 0 Å². The zero-order chi connectivity index (χ0) is 27.2. The average Bonchev–Trinajstić information content (AvgIpc) is 3.72. The Kier molecular flexibility index (Phi) is 9.66. The maximum Gasteiger partial charge on any atom is 0.276 e. The molecule has 0 aromatic carbocycles. The highest BCUT2D eigenvalue weighted by atomic mass is 16.3. The Hall–Kier alpha value is -5.98. The number of aliphatic hydroxyl groups excluding tert-OH is 1. The number of fused-ring (bicyclic) bond motifs is 2.